The molecule has 0 amide bonds. The summed E-state index contributed by atoms with van der Waals surface area (Å²) in [4.78, 5) is 2.58. The third-order valence-electron chi connectivity index (χ3n) is 5.69. The van der Waals surface area contributed by atoms with Gasteiger partial charge in [0.05, 0.1) is 4.90 Å². The molecule has 2 fully saturated rings. The van der Waals surface area contributed by atoms with E-state index in [9.17, 15) is 12.8 Å². The summed E-state index contributed by atoms with van der Waals surface area (Å²) < 4.78 is 39.8. The molecule has 2 bridgehead atoms. The lowest BCUT2D eigenvalue weighted by molar-refractivity contribution is 0.156. The van der Waals surface area contributed by atoms with Crippen LogP contribution in [0, 0.1) is 23.6 Å². The molecule has 1 saturated heterocycles. The highest BCUT2D eigenvalue weighted by Crippen LogP contribution is 2.43. The van der Waals surface area contributed by atoms with Gasteiger partial charge in [0.25, 0.3) is 0 Å². The van der Waals surface area contributed by atoms with Crippen LogP contribution in [0.2, 0.25) is 0 Å². The maximum absolute atomic E-state index is 13.0. The van der Waals surface area contributed by atoms with Crippen molar-refractivity contribution in [2.24, 2.45) is 17.8 Å². The van der Waals surface area contributed by atoms with E-state index in [0.29, 0.717) is 13.1 Å². The number of rotatable bonds is 4. The highest BCUT2D eigenvalue weighted by Gasteiger charge is 2.37. The standard InChI is InChI=1S/C18H23FN2O2S/c19-17-3-5-18(6-4-17)24(22,23)21-9-7-20(8-10-21)13-16-12-14-1-2-15(16)11-14/h1-6,14-16H,7-13H2/t14-,15-,16-/m0/s1. The Morgan fingerprint density at radius 2 is 1.71 bits per heavy atom. The predicted molar refractivity (Wildman–Crippen MR) is 90.4 cm³/mol. The van der Waals surface area contributed by atoms with Crippen LogP contribution in [0.5, 0.6) is 0 Å². The van der Waals surface area contributed by atoms with Gasteiger partial charge in [-0.15, -0.1) is 0 Å². The normalized spacial score (nSPS) is 31.0. The van der Waals surface area contributed by atoms with Crippen LogP contribution in [0.3, 0.4) is 0 Å². The molecule has 4 nitrogen and oxygen atoms in total. The zero-order chi connectivity index (χ0) is 16.7. The SMILES string of the molecule is O=S(=O)(c1ccc(F)cc1)N1CCN(C[C@@H]2C[C@H]3C=C[C@H]2C3)CC1. The van der Waals surface area contributed by atoms with Gasteiger partial charge in [-0.1, -0.05) is 12.2 Å². The molecule has 24 heavy (non-hydrogen) atoms. The van der Waals surface area contributed by atoms with E-state index in [0.717, 1.165) is 37.4 Å². The van der Waals surface area contributed by atoms with Crippen molar-refractivity contribution in [2.75, 3.05) is 32.7 Å². The highest BCUT2D eigenvalue weighted by molar-refractivity contribution is 7.89. The fraction of sp³-hybridized carbons (Fsp3) is 0.556. The van der Waals surface area contributed by atoms with Gasteiger partial charge in [0, 0.05) is 32.7 Å². The van der Waals surface area contributed by atoms with E-state index in [4.69, 9.17) is 0 Å². The minimum atomic E-state index is -3.51. The quantitative estimate of drug-likeness (QED) is 0.783. The van der Waals surface area contributed by atoms with Crippen LogP contribution in [0.4, 0.5) is 4.39 Å². The Bertz CT molecular complexity index is 724. The van der Waals surface area contributed by atoms with Gasteiger partial charge in [-0.2, -0.15) is 4.31 Å². The molecule has 0 N–H and O–H groups in total. The number of sulfonamides is 1. The summed E-state index contributed by atoms with van der Waals surface area (Å²) in [6, 6.07) is 5.09. The largest absolute Gasteiger partial charge is 0.300 e. The maximum Gasteiger partial charge on any atom is 0.243 e. The molecule has 0 radical (unpaired) electrons. The topological polar surface area (TPSA) is 40.6 Å². The van der Waals surface area contributed by atoms with Gasteiger partial charge in [-0.25, -0.2) is 12.8 Å². The lowest BCUT2D eigenvalue weighted by atomic mass is 9.93. The Morgan fingerprint density at radius 3 is 2.29 bits per heavy atom. The van der Waals surface area contributed by atoms with Crippen molar-refractivity contribution in [1.82, 2.24) is 9.21 Å². The van der Waals surface area contributed by atoms with Crippen molar-refractivity contribution in [2.45, 2.75) is 17.7 Å². The maximum atomic E-state index is 13.0. The van der Waals surface area contributed by atoms with Crippen molar-refractivity contribution >= 4 is 10.0 Å². The van der Waals surface area contributed by atoms with Crippen molar-refractivity contribution in [3.63, 3.8) is 0 Å². The third-order valence-corrected chi connectivity index (χ3v) is 7.60. The van der Waals surface area contributed by atoms with Crippen molar-refractivity contribution in [1.29, 1.82) is 0 Å². The van der Waals surface area contributed by atoms with Gasteiger partial charge in [-0.05, 0) is 54.9 Å². The van der Waals surface area contributed by atoms with Crippen LogP contribution >= 0.6 is 0 Å². The van der Waals surface area contributed by atoms with Gasteiger partial charge < -0.3 is 4.90 Å². The summed E-state index contributed by atoms with van der Waals surface area (Å²) in [5.74, 6) is 1.83. The Hall–Kier alpha value is -1.24. The van der Waals surface area contributed by atoms with E-state index in [1.165, 1.54) is 41.4 Å². The van der Waals surface area contributed by atoms with E-state index in [-0.39, 0.29) is 4.90 Å². The number of hydrogen-bond acceptors (Lipinski definition) is 3. The van der Waals surface area contributed by atoms with Gasteiger partial charge in [0.1, 0.15) is 5.82 Å². The first-order valence-electron chi connectivity index (χ1n) is 8.69. The van der Waals surface area contributed by atoms with Gasteiger partial charge in [0.15, 0.2) is 0 Å². The predicted octanol–water partition coefficient (Wildman–Crippen LogP) is 2.34. The summed E-state index contributed by atoms with van der Waals surface area (Å²) in [6.07, 6.45) is 7.32. The van der Waals surface area contributed by atoms with Crippen LogP contribution in [0.15, 0.2) is 41.3 Å². The fourth-order valence-electron chi connectivity index (χ4n) is 4.34. The molecule has 1 aliphatic heterocycles. The molecule has 4 rings (SSSR count). The highest BCUT2D eigenvalue weighted by atomic mass is 32.2. The first kappa shape index (κ1) is 16.2. The van der Waals surface area contributed by atoms with E-state index in [1.54, 1.807) is 0 Å². The number of fused-ring (bicyclic) bond motifs is 2. The number of allylic oxidation sites excluding steroid dienone is 2. The van der Waals surface area contributed by atoms with Crippen molar-refractivity contribution in [3.8, 4) is 0 Å². The molecule has 130 valence electrons. The Labute approximate surface area is 143 Å². The molecule has 3 aliphatic rings. The Morgan fingerprint density at radius 1 is 1.00 bits per heavy atom. The molecular formula is C18H23FN2O2S. The first-order chi connectivity index (χ1) is 11.5. The molecule has 1 heterocycles. The molecule has 0 spiro atoms. The minimum absolute atomic E-state index is 0.176. The molecule has 2 aliphatic carbocycles. The molecular weight excluding hydrogens is 327 g/mol. The van der Waals surface area contributed by atoms with Crippen LogP contribution in [0.25, 0.3) is 0 Å². The second kappa shape index (κ2) is 6.24. The van der Waals surface area contributed by atoms with Crippen LogP contribution in [-0.4, -0.2) is 50.3 Å². The van der Waals surface area contributed by atoms with E-state index >= 15 is 0 Å². The number of halogens is 1. The van der Waals surface area contributed by atoms with Crippen LogP contribution < -0.4 is 0 Å². The lowest BCUT2D eigenvalue weighted by Crippen LogP contribution is -2.49. The summed E-state index contributed by atoms with van der Waals surface area (Å²) in [5.41, 5.74) is 0. The molecule has 3 atom stereocenters. The first-order valence-corrected chi connectivity index (χ1v) is 10.1. The van der Waals surface area contributed by atoms with Crippen molar-refractivity contribution < 1.29 is 12.8 Å². The fourth-order valence-corrected chi connectivity index (χ4v) is 5.77. The molecule has 1 aromatic carbocycles. The molecule has 0 unspecified atom stereocenters. The second-order valence-corrected chi connectivity index (χ2v) is 9.14. The second-order valence-electron chi connectivity index (χ2n) is 7.20. The van der Waals surface area contributed by atoms with E-state index < -0.39 is 15.8 Å². The smallest absolute Gasteiger partial charge is 0.243 e. The van der Waals surface area contributed by atoms with Crippen molar-refractivity contribution in [3.05, 3.63) is 42.2 Å². The lowest BCUT2D eigenvalue weighted by Gasteiger charge is -2.36. The zero-order valence-electron chi connectivity index (χ0n) is 13.6. The zero-order valence-corrected chi connectivity index (χ0v) is 14.5. The molecule has 6 heteroatoms. The van der Waals surface area contributed by atoms with E-state index in [1.807, 2.05) is 0 Å². The minimum Gasteiger partial charge on any atom is -0.300 e. The Balaban J connectivity index is 1.35. The number of hydrogen-bond donors (Lipinski definition) is 0. The van der Waals surface area contributed by atoms with Gasteiger partial charge >= 0.3 is 0 Å². The molecule has 1 aromatic rings. The van der Waals surface area contributed by atoms with Crippen LogP contribution in [-0.2, 0) is 10.0 Å². The number of benzene rings is 1. The molecule has 1 saturated carbocycles. The molecule has 0 aromatic heterocycles. The monoisotopic (exact) mass is 350 g/mol. The average Bonchev–Trinajstić information content (AvgIpc) is 3.19. The summed E-state index contributed by atoms with van der Waals surface area (Å²) >= 11 is 0. The Kier molecular flexibility index (Phi) is 4.22. The third kappa shape index (κ3) is 3.03. The average molecular weight is 350 g/mol. The van der Waals surface area contributed by atoms with Gasteiger partial charge in [-0.3, -0.25) is 0 Å². The summed E-state index contributed by atoms with van der Waals surface area (Å²) in [5, 5.41) is 0. The number of piperazine rings is 1. The van der Waals surface area contributed by atoms with Gasteiger partial charge in [0.2, 0.25) is 10.0 Å². The van der Waals surface area contributed by atoms with Crippen LogP contribution in [0.1, 0.15) is 12.8 Å². The van der Waals surface area contributed by atoms with E-state index in [2.05, 4.69) is 17.1 Å². The summed E-state index contributed by atoms with van der Waals surface area (Å²) in [7, 11) is -3.51. The number of nitrogens with zero attached hydrogens (tertiary/aromatic N) is 2. The summed E-state index contributed by atoms with van der Waals surface area (Å²) in [6.45, 7) is 3.65.